The topological polar surface area (TPSA) is 51.3 Å². The number of aliphatic imine (C=N–C) groups is 1. The average Bonchev–Trinajstić information content (AvgIpc) is 2.48. The Balaban J connectivity index is 2.75. The molecule has 1 heterocycles. The van der Waals surface area contributed by atoms with Crippen LogP contribution in [0.1, 0.15) is 6.92 Å². The van der Waals surface area contributed by atoms with Gasteiger partial charge in [-0.15, -0.1) is 0 Å². The van der Waals surface area contributed by atoms with Gasteiger partial charge in [0.05, 0.1) is 5.69 Å². The normalized spacial score (nSPS) is 13.4. The van der Waals surface area contributed by atoms with Crippen LogP contribution < -0.4 is 5.73 Å². The second-order valence-corrected chi connectivity index (χ2v) is 4.78. The second-order valence-electron chi connectivity index (χ2n) is 4.78. The lowest BCUT2D eigenvalue weighted by atomic mass is 10.0. The van der Waals surface area contributed by atoms with Crippen LogP contribution in [0.3, 0.4) is 0 Å². The maximum Gasteiger partial charge on any atom is 0.434 e. The van der Waals surface area contributed by atoms with E-state index in [1.807, 2.05) is 0 Å². The molecular weight excluding hydrogens is 310 g/mol. The summed E-state index contributed by atoms with van der Waals surface area (Å²) in [6, 6.07) is 5.13. The first-order valence-corrected chi connectivity index (χ1v) is 6.53. The van der Waals surface area contributed by atoms with Crippen LogP contribution in [0.25, 0.3) is 10.9 Å². The van der Waals surface area contributed by atoms with Crippen LogP contribution >= 0.6 is 0 Å². The number of hydrogen-bond acceptors (Lipinski definition) is 3. The number of nitrogens with zero attached hydrogens (tertiary/aromatic N) is 2. The van der Waals surface area contributed by atoms with E-state index in [2.05, 4.69) is 16.6 Å². The van der Waals surface area contributed by atoms with E-state index in [4.69, 9.17) is 5.73 Å². The standard InChI is InChI=1S/C16H13F4N3/c1-9(2)11(8-21)15(16(18,19)20)23-13-6-5-12(17)14-10(13)4-3-7-22-14/h3-8H,1,21H2,2H3. The molecule has 0 fully saturated rings. The third-order valence-corrected chi connectivity index (χ3v) is 3.08. The number of halogens is 4. The van der Waals surface area contributed by atoms with Crippen molar-refractivity contribution in [1.82, 2.24) is 4.98 Å². The quantitative estimate of drug-likeness (QED) is 0.516. The molecule has 0 aliphatic rings. The Labute approximate surface area is 129 Å². The lowest BCUT2D eigenvalue weighted by molar-refractivity contribution is -0.0580. The molecule has 0 bridgehead atoms. The SMILES string of the molecule is C=C(C)C(=CN)C(=Nc1ccc(F)c2ncccc12)C(F)(F)F. The van der Waals surface area contributed by atoms with Crippen LogP contribution in [0.2, 0.25) is 0 Å². The molecule has 1 aromatic heterocycles. The Morgan fingerprint density at radius 3 is 2.57 bits per heavy atom. The highest BCUT2D eigenvalue weighted by molar-refractivity contribution is 6.09. The first-order valence-electron chi connectivity index (χ1n) is 6.53. The van der Waals surface area contributed by atoms with E-state index in [0.29, 0.717) is 0 Å². The molecule has 7 heteroatoms. The highest BCUT2D eigenvalue weighted by atomic mass is 19.4. The van der Waals surface area contributed by atoms with Crippen molar-refractivity contribution in [3.63, 3.8) is 0 Å². The summed E-state index contributed by atoms with van der Waals surface area (Å²) in [5.74, 6) is -0.636. The van der Waals surface area contributed by atoms with Crippen LogP contribution in [0.4, 0.5) is 23.2 Å². The Morgan fingerprint density at radius 2 is 2.00 bits per heavy atom. The number of benzene rings is 1. The van der Waals surface area contributed by atoms with Crippen molar-refractivity contribution >= 4 is 22.3 Å². The van der Waals surface area contributed by atoms with Crippen molar-refractivity contribution in [3.05, 3.63) is 60.2 Å². The number of alkyl halides is 3. The molecular formula is C16H13F4N3. The number of pyridine rings is 1. The van der Waals surface area contributed by atoms with Crippen LogP contribution in [0, 0.1) is 5.82 Å². The summed E-state index contributed by atoms with van der Waals surface area (Å²) in [6.45, 7) is 4.87. The predicted molar refractivity (Wildman–Crippen MR) is 81.9 cm³/mol. The van der Waals surface area contributed by atoms with E-state index in [0.717, 1.165) is 18.3 Å². The molecule has 1 aromatic carbocycles. The summed E-state index contributed by atoms with van der Waals surface area (Å²) in [6.07, 6.45) is -2.59. The Bertz CT molecular complexity index is 820. The highest BCUT2D eigenvalue weighted by Crippen LogP contribution is 2.32. The summed E-state index contributed by atoms with van der Waals surface area (Å²) >= 11 is 0. The van der Waals surface area contributed by atoms with Gasteiger partial charge in [0.15, 0.2) is 5.71 Å². The molecule has 0 aliphatic heterocycles. The molecule has 0 amide bonds. The van der Waals surface area contributed by atoms with Crippen LogP contribution in [-0.2, 0) is 0 Å². The fourth-order valence-corrected chi connectivity index (χ4v) is 2.04. The van der Waals surface area contributed by atoms with Crippen molar-refractivity contribution in [2.75, 3.05) is 0 Å². The number of rotatable bonds is 3. The Morgan fingerprint density at radius 1 is 1.30 bits per heavy atom. The summed E-state index contributed by atoms with van der Waals surface area (Å²) in [7, 11) is 0. The van der Waals surface area contributed by atoms with Crippen LogP contribution in [0.15, 0.2) is 59.4 Å². The minimum atomic E-state index is -4.74. The number of fused-ring (bicyclic) bond motifs is 1. The van der Waals surface area contributed by atoms with Gasteiger partial charge in [0.25, 0.3) is 0 Å². The molecule has 2 N–H and O–H groups in total. The Hall–Kier alpha value is -2.70. The van der Waals surface area contributed by atoms with Gasteiger partial charge in [-0.3, -0.25) is 4.98 Å². The largest absolute Gasteiger partial charge is 0.434 e. The average molecular weight is 323 g/mol. The number of aromatic nitrogens is 1. The molecule has 2 rings (SSSR count). The van der Waals surface area contributed by atoms with E-state index in [9.17, 15) is 17.6 Å². The molecule has 120 valence electrons. The smallest absolute Gasteiger partial charge is 0.404 e. The number of allylic oxidation sites excluding steroid dienone is 2. The molecule has 0 aliphatic carbocycles. The molecule has 0 spiro atoms. The number of nitrogens with two attached hydrogens (primary N) is 1. The first-order chi connectivity index (χ1) is 10.8. The van der Waals surface area contributed by atoms with Gasteiger partial charge in [-0.2, -0.15) is 13.2 Å². The van der Waals surface area contributed by atoms with E-state index in [1.54, 1.807) is 0 Å². The molecule has 3 nitrogen and oxygen atoms in total. The molecule has 0 saturated heterocycles. The maximum absolute atomic E-state index is 13.7. The van der Waals surface area contributed by atoms with Crippen molar-refractivity contribution in [2.24, 2.45) is 10.7 Å². The number of hydrogen-bond donors (Lipinski definition) is 1. The zero-order valence-electron chi connectivity index (χ0n) is 12.2. The predicted octanol–water partition coefficient (Wildman–Crippen LogP) is 4.43. The maximum atomic E-state index is 13.7. The van der Waals surface area contributed by atoms with Gasteiger partial charge in [-0.25, -0.2) is 9.38 Å². The van der Waals surface area contributed by atoms with Gasteiger partial charge in [0.2, 0.25) is 0 Å². The van der Waals surface area contributed by atoms with Gasteiger partial charge >= 0.3 is 6.18 Å². The van der Waals surface area contributed by atoms with Gasteiger partial charge in [0, 0.05) is 23.4 Å². The molecule has 2 aromatic rings. The zero-order chi connectivity index (χ0) is 17.2. The van der Waals surface area contributed by atoms with Gasteiger partial charge in [-0.05, 0) is 36.8 Å². The molecule has 0 saturated carbocycles. The summed E-state index contributed by atoms with van der Waals surface area (Å²) < 4.78 is 53.7. The van der Waals surface area contributed by atoms with E-state index >= 15 is 0 Å². The molecule has 0 atom stereocenters. The van der Waals surface area contributed by atoms with Gasteiger partial charge in [-0.1, -0.05) is 6.58 Å². The fraction of sp³-hybridized carbons (Fsp3) is 0.125. The zero-order valence-corrected chi connectivity index (χ0v) is 12.2. The van der Waals surface area contributed by atoms with E-state index in [1.165, 1.54) is 25.3 Å². The summed E-state index contributed by atoms with van der Waals surface area (Å²) in [5, 5.41) is 0.173. The highest BCUT2D eigenvalue weighted by Gasteiger charge is 2.38. The van der Waals surface area contributed by atoms with Crippen molar-refractivity contribution < 1.29 is 17.6 Å². The van der Waals surface area contributed by atoms with E-state index < -0.39 is 17.7 Å². The van der Waals surface area contributed by atoms with Gasteiger partial charge < -0.3 is 5.73 Å². The third-order valence-electron chi connectivity index (χ3n) is 3.08. The third kappa shape index (κ3) is 3.39. The summed E-state index contributed by atoms with van der Waals surface area (Å²) in [5.41, 5.74) is 3.79. The molecule has 0 radical (unpaired) electrons. The van der Waals surface area contributed by atoms with Gasteiger partial charge in [0.1, 0.15) is 11.3 Å². The Kier molecular flexibility index (Phi) is 4.49. The van der Waals surface area contributed by atoms with E-state index in [-0.39, 0.29) is 27.7 Å². The minimum absolute atomic E-state index is 0.0520. The first kappa shape index (κ1) is 16.7. The lowest BCUT2D eigenvalue weighted by Crippen LogP contribution is -2.26. The van der Waals surface area contributed by atoms with Crippen molar-refractivity contribution in [2.45, 2.75) is 13.1 Å². The lowest BCUT2D eigenvalue weighted by Gasteiger charge is -2.14. The molecule has 23 heavy (non-hydrogen) atoms. The molecule has 0 unspecified atom stereocenters. The van der Waals surface area contributed by atoms with Crippen LogP contribution in [-0.4, -0.2) is 16.9 Å². The second kappa shape index (κ2) is 6.20. The van der Waals surface area contributed by atoms with Crippen LogP contribution in [0.5, 0.6) is 0 Å². The summed E-state index contributed by atoms with van der Waals surface area (Å²) in [4.78, 5) is 7.50. The minimum Gasteiger partial charge on any atom is -0.404 e. The van der Waals surface area contributed by atoms with Crippen molar-refractivity contribution in [3.8, 4) is 0 Å². The van der Waals surface area contributed by atoms with Crippen molar-refractivity contribution in [1.29, 1.82) is 0 Å². The fourth-order valence-electron chi connectivity index (χ4n) is 2.04. The monoisotopic (exact) mass is 323 g/mol.